The van der Waals surface area contributed by atoms with Gasteiger partial charge in [0, 0.05) is 17.7 Å². The van der Waals surface area contributed by atoms with Crippen molar-refractivity contribution in [2.45, 2.75) is 10.3 Å². The minimum atomic E-state index is -1.39. The zero-order valence-electron chi connectivity index (χ0n) is 17.4. The number of ether oxygens (including phenoxy) is 1. The molecule has 1 aliphatic carbocycles. The Kier molecular flexibility index (Phi) is 6.92. The fraction of sp³-hybridized carbons (Fsp3) is 0.174. The predicted molar refractivity (Wildman–Crippen MR) is 131 cm³/mol. The van der Waals surface area contributed by atoms with Crippen LogP contribution in [0.5, 0.6) is 5.88 Å². The lowest BCUT2D eigenvalue weighted by molar-refractivity contribution is -0.117. The Morgan fingerprint density at radius 1 is 1.00 bits per heavy atom. The molecule has 0 spiro atoms. The summed E-state index contributed by atoms with van der Waals surface area (Å²) >= 11 is 24.7. The number of carbonyl (C=O) groups excluding carboxylic acids is 2. The second-order valence-electron chi connectivity index (χ2n) is 7.53. The van der Waals surface area contributed by atoms with Gasteiger partial charge < -0.3 is 15.4 Å². The Morgan fingerprint density at radius 3 is 2.38 bits per heavy atom. The SMILES string of the molecule is COc1ccc(NC(=O)c2cc(NC(=O)[C@@H]3[C@@H](c4ccc(F)c(Cl)c4)C3(Cl)Cl)ccc2Cl)cn1. The lowest BCUT2D eigenvalue weighted by Gasteiger charge is -2.10. The lowest BCUT2D eigenvalue weighted by atomic mass is 10.1. The molecule has 1 aliphatic rings. The number of nitrogens with zero attached hydrogens (tertiary/aromatic N) is 1. The molecule has 4 rings (SSSR count). The zero-order chi connectivity index (χ0) is 24.6. The van der Waals surface area contributed by atoms with Crippen LogP contribution in [-0.4, -0.2) is 28.2 Å². The molecule has 1 aromatic heterocycles. The average molecular weight is 543 g/mol. The van der Waals surface area contributed by atoms with Crippen molar-refractivity contribution in [1.82, 2.24) is 4.98 Å². The molecular formula is C23H16Cl4FN3O3. The van der Waals surface area contributed by atoms with Crippen LogP contribution in [0.15, 0.2) is 54.7 Å². The first kappa shape index (κ1) is 24.5. The molecule has 0 radical (unpaired) electrons. The molecule has 11 heteroatoms. The number of nitrogens with one attached hydrogen (secondary N) is 2. The van der Waals surface area contributed by atoms with Crippen molar-refractivity contribution in [3.05, 3.63) is 81.7 Å². The summed E-state index contributed by atoms with van der Waals surface area (Å²) < 4.78 is 17.1. The summed E-state index contributed by atoms with van der Waals surface area (Å²) in [4.78, 5) is 29.6. The summed E-state index contributed by atoms with van der Waals surface area (Å²) in [5.74, 6) is -2.54. The Labute approximate surface area is 214 Å². The van der Waals surface area contributed by atoms with E-state index < -0.39 is 33.8 Å². The Balaban J connectivity index is 1.48. The largest absolute Gasteiger partial charge is 0.481 e. The highest BCUT2D eigenvalue weighted by Crippen LogP contribution is 2.65. The molecule has 3 aromatic rings. The average Bonchev–Trinajstić information content (AvgIpc) is 3.39. The first-order chi connectivity index (χ1) is 16.1. The van der Waals surface area contributed by atoms with E-state index in [1.807, 2.05) is 0 Å². The molecule has 2 atom stereocenters. The number of carbonyl (C=O) groups is 2. The fourth-order valence-corrected chi connectivity index (χ4v) is 4.76. The van der Waals surface area contributed by atoms with E-state index in [9.17, 15) is 14.0 Å². The van der Waals surface area contributed by atoms with Crippen molar-refractivity contribution >= 4 is 69.6 Å². The summed E-state index contributed by atoms with van der Waals surface area (Å²) in [7, 11) is 1.48. The smallest absolute Gasteiger partial charge is 0.257 e. The number of amides is 2. The maximum atomic E-state index is 13.5. The first-order valence-corrected chi connectivity index (χ1v) is 11.4. The van der Waals surface area contributed by atoms with Crippen LogP contribution in [-0.2, 0) is 4.79 Å². The minimum absolute atomic E-state index is 0.0897. The highest BCUT2D eigenvalue weighted by atomic mass is 35.5. The number of methoxy groups -OCH3 is 1. The van der Waals surface area contributed by atoms with Crippen molar-refractivity contribution in [1.29, 1.82) is 0 Å². The van der Waals surface area contributed by atoms with Gasteiger partial charge >= 0.3 is 0 Å². The third-order valence-corrected chi connectivity index (χ3v) is 6.88. The van der Waals surface area contributed by atoms with Crippen LogP contribution < -0.4 is 15.4 Å². The number of pyridine rings is 1. The van der Waals surface area contributed by atoms with E-state index in [-0.39, 0.29) is 15.6 Å². The Bertz CT molecular complexity index is 1270. The van der Waals surface area contributed by atoms with Crippen LogP contribution in [0.4, 0.5) is 15.8 Å². The van der Waals surface area contributed by atoms with Crippen molar-refractivity contribution in [2.24, 2.45) is 5.92 Å². The van der Waals surface area contributed by atoms with Gasteiger partial charge in [-0.25, -0.2) is 9.37 Å². The maximum Gasteiger partial charge on any atom is 0.257 e. The topological polar surface area (TPSA) is 80.3 Å². The highest BCUT2D eigenvalue weighted by molar-refractivity contribution is 6.53. The number of aromatic nitrogens is 1. The zero-order valence-corrected chi connectivity index (χ0v) is 20.4. The maximum absolute atomic E-state index is 13.5. The van der Waals surface area contributed by atoms with Gasteiger partial charge in [-0.3, -0.25) is 9.59 Å². The molecule has 1 heterocycles. The lowest BCUT2D eigenvalue weighted by Crippen LogP contribution is -2.18. The molecular weight excluding hydrogens is 527 g/mol. The number of anilines is 2. The number of halogens is 5. The van der Waals surface area contributed by atoms with E-state index in [1.165, 1.54) is 43.6 Å². The van der Waals surface area contributed by atoms with Gasteiger partial charge in [0.05, 0.1) is 40.5 Å². The molecule has 0 unspecified atom stereocenters. The fourth-order valence-electron chi connectivity index (χ4n) is 3.54. The third-order valence-electron chi connectivity index (χ3n) is 5.32. The van der Waals surface area contributed by atoms with Gasteiger partial charge in [-0.05, 0) is 42.0 Å². The summed E-state index contributed by atoms with van der Waals surface area (Å²) in [6.07, 6.45) is 1.44. The monoisotopic (exact) mass is 541 g/mol. The van der Waals surface area contributed by atoms with Crippen LogP contribution in [0, 0.1) is 11.7 Å². The minimum Gasteiger partial charge on any atom is -0.481 e. The van der Waals surface area contributed by atoms with Crippen molar-refractivity contribution < 1.29 is 18.7 Å². The molecule has 0 bridgehead atoms. The van der Waals surface area contributed by atoms with Gasteiger partial charge in [0.2, 0.25) is 11.8 Å². The predicted octanol–water partition coefficient (Wildman–Crippen LogP) is 6.31. The van der Waals surface area contributed by atoms with Gasteiger partial charge in [-0.2, -0.15) is 0 Å². The van der Waals surface area contributed by atoms with E-state index in [1.54, 1.807) is 18.2 Å². The number of hydrogen-bond acceptors (Lipinski definition) is 4. The van der Waals surface area contributed by atoms with Crippen molar-refractivity contribution in [2.75, 3.05) is 17.7 Å². The van der Waals surface area contributed by atoms with Crippen LogP contribution in [0.3, 0.4) is 0 Å². The van der Waals surface area contributed by atoms with Gasteiger partial charge in [-0.15, -0.1) is 23.2 Å². The quantitative estimate of drug-likeness (QED) is 0.357. The normalized spacial score (nSPS) is 18.2. The molecule has 1 saturated carbocycles. The molecule has 0 aliphatic heterocycles. The van der Waals surface area contributed by atoms with Crippen LogP contribution >= 0.6 is 46.4 Å². The van der Waals surface area contributed by atoms with Crippen LogP contribution in [0.1, 0.15) is 21.8 Å². The third kappa shape index (κ3) is 4.93. The first-order valence-electron chi connectivity index (χ1n) is 9.86. The molecule has 2 aromatic carbocycles. The number of hydrogen-bond donors (Lipinski definition) is 2. The molecule has 2 amide bonds. The van der Waals surface area contributed by atoms with Gasteiger partial charge in [-0.1, -0.05) is 29.3 Å². The molecule has 2 N–H and O–H groups in total. The summed E-state index contributed by atoms with van der Waals surface area (Å²) in [5.41, 5.74) is 1.43. The van der Waals surface area contributed by atoms with Gasteiger partial charge in [0.15, 0.2) is 0 Å². The molecule has 34 heavy (non-hydrogen) atoms. The number of alkyl halides is 2. The number of rotatable bonds is 6. The second kappa shape index (κ2) is 9.58. The Hall–Kier alpha value is -2.58. The van der Waals surface area contributed by atoms with Crippen LogP contribution in [0.2, 0.25) is 10.0 Å². The van der Waals surface area contributed by atoms with E-state index in [0.717, 1.165) is 0 Å². The van der Waals surface area contributed by atoms with Crippen LogP contribution in [0.25, 0.3) is 0 Å². The van der Waals surface area contributed by atoms with Crippen molar-refractivity contribution in [3.63, 3.8) is 0 Å². The van der Waals surface area contributed by atoms with E-state index in [2.05, 4.69) is 15.6 Å². The van der Waals surface area contributed by atoms with Gasteiger partial charge in [0.25, 0.3) is 5.91 Å². The van der Waals surface area contributed by atoms with Crippen molar-refractivity contribution in [3.8, 4) is 5.88 Å². The summed E-state index contributed by atoms with van der Waals surface area (Å²) in [5, 5.41) is 5.48. The highest BCUT2D eigenvalue weighted by Gasteiger charge is 2.67. The van der Waals surface area contributed by atoms with E-state index in [4.69, 9.17) is 51.1 Å². The molecule has 6 nitrogen and oxygen atoms in total. The molecule has 0 saturated heterocycles. The number of benzene rings is 2. The summed E-state index contributed by atoms with van der Waals surface area (Å²) in [6, 6.07) is 11.8. The van der Waals surface area contributed by atoms with Gasteiger partial charge in [0.1, 0.15) is 10.2 Å². The standard InChI is InChI=1S/C23H16Cl4FN3O3/c1-34-18-7-4-13(10-29-18)31-21(32)14-9-12(3-5-15(14)24)30-22(33)20-19(23(20,26)27)11-2-6-17(28)16(25)8-11/h2-10,19-20H,1H3,(H,30,33)(H,31,32)/t19-,20+/m1/s1. The molecule has 176 valence electrons. The summed E-state index contributed by atoms with van der Waals surface area (Å²) in [6.45, 7) is 0. The second-order valence-corrected chi connectivity index (χ2v) is 9.79. The van der Waals surface area contributed by atoms with E-state index in [0.29, 0.717) is 22.8 Å². The van der Waals surface area contributed by atoms with E-state index >= 15 is 0 Å². The molecule has 1 fully saturated rings. The Morgan fingerprint density at radius 2 is 1.74 bits per heavy atom.